The number of hydrogen-bond donors (Lipinski definition) is 2. The van der Waals surface area contributed by atoms with Crippen molar-refractivity contribution in [2.45, 2.75) is 5.75 Å². The molecule has 0 aromatic carbocycles. The molecule has 2 heterocycles. The summed E-state index contributed by atoms with van der Waals surface area (Å²) >= 11 is 4.11. The van der Waals surface area contributed by atoms with E-state index < -0.39 is 5.97 Å². The minimum Gasteiger partial charge on any atom is -0.497 e. The largest absolute Gasteiger partial charge is 0.497 e. The molecule has 2 rings (SSSR count). The van der Waals surface area contributed by atoms with Gasteiger partial charge in [-0.1, -0.05) is 0 Å². The van der Waals surface area contributed by atoms with Crippen LogP contribution in [-0.4, -0.2) is 27.6 Å². The van der Waals surface area contributed by atoms with Gasteiger partial charge in [0.1, 0.15) is 11.6 Å². The average molecular weight is 238 g/mol. The standard InChI is InChI=1S/C10H10N2O3S/c1-15-6-2-3-12-7(4-6)9(10(13)14)11-8(12)5-16/h2-4,16H,5H2,1H3,(H,13,14). The Balaban J connectivity index is 2.75. The summed E-state index contributed by atoms with van der Waals surface area (Å²) in [5.74, 6) is 0.513. The van der Waals surface area contributed by atoms with Crippen molar-refractivity contribution in [3.8, 4) is 5.75 Å². The van der Waals surface area contributed by atoms with E-state index in [0.717, 1.165) is 0 Å². The molecule has 2 aromatic heterocycles. The van der Waals surface area contributed by atoms with E-state index in [1.54, 1.807) is 22.7 Å². The van der Waals surface area contributed by atoms with E-state index in [9.17, 15) is 4.79 Å². The van der Waals surface area contributed by atoms with Crippen LogP contribution in [0.2, 0.25) is 0 Å². The summed E-state index contributed by atoms with van der Waals surface area (Å²) < 4.78 is 6.74. The Morgan fingerprint density at radius 2 is 2.44 bits per heavy atom. The van der Waals surface area contributed by atoms with Gasteiger partial charge in [-0.25, -0.2) is 9.78 Å². The van der Waals surface area contributed by atoms with Crippen molar-refractivity contribution < 1.29 is 14.6 Å². The van der Waals surface area contributed by atoms with Crippen LogP contribution in [0.4, 0.5) is 0 Å². The highest BCUT2D eigenvalue weighted by molar-refractivity contribution is 7.79. The van der Waals surface area contributed by atoms with E-state index in [1.807, 2.05) is 0 Å². The number of nitrogens with zero attached hydrogens (tertiary/aromatic N) is 2. The number of methoxy groups -OCH3 is 1. The number of aromatic carboxylic acids is 1. The van der Waals surface area contributed by atoms with Gasteiger partial charge >= 0.3 is 5.97 Å². The lowest BCUT2D eigenvalue weighted by atomic mass is 10.3. The summed E-state index contributed by atoms with van der Waals surface area (Å²) in [4.78, 5) is 15.0. The number of thiol groups is 1. The molecule has 0 atom stereocenters. The van der Waals surface area contributed by atoms with Crippen LogP contribution in [0.3, 0.4) is 0 Å². The maximum atomic E-state index is 11.0. The number of carboxylic acids is 1. The highest BCUT2D eigenvalue weighted by atomic mass is 32.1. The third kappa shape index (κ3) is 1.61. The van der Waals surface area contributed by atoms with E-state index >= 15 is 0 Å². The van der Waals surface area contributed by atoms with Gasteiger partial charge in [-0.05, 0) is 6.07 Å². The molecule has 16 heavy (non-hydrogen) atoms. The Labute approximate surface area is 97.1 Å². The van der Waals surface area contributed by atoms with Gasteiger partial charge in [0.2, 0.25) is 0 Å². The highest BCUT2D eigenvalue weighted by Gasteiger charge is 2.16. The van der Waals surface area contributed by atoms with Gasteiger partial charge in [-0.2, -0.15) is 12.6 Å². The molecule has 0 aliphatic heterocycles. The average Bonchev–Trinajstić information content (AvgIpc) is 2.66. The third-order valence-electron chi connectivity index (χ3n) is 2.27. The van der Waals surface area contributed by atoms with Crippen molar-refractivity contribution in [3.63, 3.8) is 0 Å². The van der Waals surface area contributed by atoms with E-state index in [-0.39, 0.29) is 5.69 Å². The SMILES string of the molecule is COc1ccn2c(CS)nc(C(=O)O)c2c1. The minimum atomic E-state index is -1.06. The van der Waals surface area contributed by atoms with Crippen molar-refractivity contribution in [1.82, 2.24) is 9.38 Å². The number of carboxylic acid groups (broad SMARTS) is 1. The number of aromatic nitrogens is 2. The lowest BCUT2D eigenvalue weighted by molar-refractivity contribution is 0.0693. The lowest BCUT2D eigenvalue weighted by Crippen LogP contribution is -1.97. The van der Waals surface area contributed by atoms with Gasteiger partial charge in [0.05, 0.1) is 12.6 Å². The number of carbonyl (C=O) groups is 1. The van der Waals surface area contributed by atoms with Crippen molar-refractivity contribution in [2.75, 3.05) is 7.11 Å². The predicted molar refractivity (Wildman–Crippen MR) is 61.4 cm³/mol. The Bertz CT molecular complexity index is 550. The monoisotopic (exact) mass is 238 g/mol. The molecule has 5 nitrogen and oxygen atoms in total. The number of pyridine rings is 1. The zero-order valence-electron chi connectivity index (χ0n) is 8.54. The fourth-order valence-electron chi connectivity index (χ4n) is 1.52. The summed E-state index contributed by atoms with van der Waals surface area (Å²) in [5.41, 5.74) is 0.527. The molecule has 0 radical (unpaired) electrons. The zero-order chi connectivity index (χ0) is 11.7. The fraction of sp³-hybridized carbons (Fsp3) is 0.200. The first kappa shape index (κ1) is 10.8. The molecule has 0 fully saturated rings. The molecule has 84 valence electrons. The Morgan fingerprint density at radius 1 is 1.69 bits per heavy atom. The quantitative estimate of drug-likeness (QED) is 0.795. The first-order chi connectivity index (χ1) is 7.67. The molecule has 0 unspecified atom stereocenters. The number of fused-ring (bicyclic) bond motifs is 1. The summed E-state index contributed by atoms with van der Waals surface area (Å²) in [5, 5.41) is 9.01. The summed E-state index contributed by atoms with van der Waals surface area (Å²) in [6.07, 6.45) is 1.72. The van der Waals surface area contributed by atoms with Crippen molar-refractivity contribution in [1.29, 1.82) is 0 Å². The topological polar surface area (TPSA) is 63.8 Å². The first-order valence-corrected chi connectivity index (χ1v) is 5.19. The lowest BCUT2D eigenvalue weighted by Gasteiger charge is -2.01. The van der Waals surface area contributed by atoms with Crippen LogP contribution in [0, 0.1) is 0 Å². The molecule has 0 saturated heterocycles. The Kier molecular flexibility index (Phi) is 2.74. The van der Waals surface area contributed by atoms with Crippen LogP contribution in [-0.2, 0) is 5.75 Å². The molecule has 0 spiro atoms. The number of rotatable bonds is 3. The van der Waals surface area contributed by atoms with Crippen LogP contribution in [0.15, 0.2) is 18.3 Å². The van der Waals surface area contributed by atoms with Gasteiger partial charge in [-0.15, -0.1) is 0 Å². The molecular weight excluding hydrogens is 228 g/mol. The Hall–Kier alpha value is -1.69. The second-order valence-electron chi connectivity index (χ2n) is 3.16. The van der Waals surface area contributed by atoms with Gasteiger partial charge in [-0.3, -0.25) is 0 Å². The second kappa shape index (κ2) is 4.05. The van der Waals surface area contributed by atoms with Crippen LogP contribution < -0.4 is 4.74 Å². The molecule has 0 bridgehead atoms. The summed E-state index contributed by atoms with van der Waals surface area (Å²) in [6.45, 7) is 0. The molecule has 2 aromatic rings. The van der Waals surface area contributed by atoms with Crippen LogP contribution in [0.25, 0.3) is 5.52 Å². The van der Waals surface area contributed by atoms with E-state index in [0.29, 0.717) is 22.8 Å². The fourth-order valence-corrected chi connectivity index (χ4v) is 1.75. The van der Waals surface area contributed by atoms with Crippen LogP contribution in [0.5, 0.6) is 5.75 Å². The smallest absolute Gasteiger partial charge is 0.356 e. The molecule has 0 aliphatic rings. The van der Waals surface area contributed by atoms with Crippen molar-refractivity contribution in [3.05, 3.63) is 29.8 Å². The van der Waals surface area contributed by atoms with Gasteiger partial charge in [0, 0.05) is 18.0 Å². The molecule has 0 amide bonds. The maximum absolute atomic E-state index is 11.0. The second-order valence-corrected chi connectivity index (χ2v) is 3.48. The minimum absolute atomic E-state index is 0.0166. The van der Waals surface area contributed by atoms with E-state index in [1.165, 1.54) is 7.11 Å². The number of ether oxygens (including phenoxy) is 1. The predicted octanol–water partition coefficient (Wildman–Crippen LogP) is 1.47. The van der Waals surface area contributed by atoms with E-state index in [2.05, 4.69) is 17.6 Å². The van der Waals surface area contributed by atoms with E-state index in [4.69, 9.17) is 9.84 Å². The van der Waals surface area contributed by atoms with Crippen molar-refractivity contribution >= 4 is 24.1 Å². The van der Waals surface area contributed by atoms with Gasteiger partial charge < -0.3 is 14.2 Å². The molecule has 6 heteroatoms. The third-order valence-corrected chi connectivity index (χ3v) is 2.55. The summed E-state index contributed by atoms with van der Waals surface area (Å²) in [6, 6.07) is 3.39. The van der Waals surface area contributed by atoms with Gasteiger partial charge in [0.25, 0.3) is 0 Å². The Morgan fingerprint density at radius 3 is 3.00 bits per heavy atom. The zero-order valence-corrected chi connectivity index (χ0v) is 9.44. The van der Waals surface area contributed by atoms with Crippen LogP contribution >= 0.6 is 12.6 Å². The number of hydrogen-bond acceptors (Lipinski definition) is 4. The molecule has 0 saturated carbocycles. The van der Waals surface area contributed by atoms with Gasteiger partial charge in [0.15, 0.2) is 5.69 Å². The highest BCUT2D eigenvalue weighted by Crippen LogP contribution is 2.20. The molecule has 0 aliphatic carbocycles. The summed E-state index contributed by atoms with van der Waals surface area (Å²) in [7, 11) is 1.53. The molecular formula is C10H10N2O3S. The number of imidazole rings is 1. The normalized spacial score (nSPS) is 10.6. The van der Waals surface area contributed by atoms with Crippen LogP contribution in [0.1, 0.15) is 16.3 Å². The molecule has 1 N–H and O–H groups in total. The maximum Gasteiger partial charge on any atom is 0.356 e. The van der Waals surface area contributed by atoms with Crippen molar-refractivity contribution in [2.24, 2.45) is 0 Å². The first-order valence-electron chi connectivity index (χ1n) is 4.56.